The fourth-order valence-electron chi connectivity index (χ4n) is 1.99. The third-order valence-corrected chi connectivity index (χ3v) is 4.80. The molecule has 1 aliphatic heterocycles. The summed E-state index contributed by atoms with van der Waals surface area (Å²) in [4.78, 5) is 13.6. The van der Waals surface area contributed by atoms with E-state index in [0.717, 1.165) is 0 Å². The smallest absolute Gasteiger partial charge is 0.266 e. The summed E-state index contributed by atoms with van der Waals surface area (Å²) in [5, 5.41) is 11.9. The maximum atomic E-state index is 12.2. The molecule has 0 saturated carbocycles. The van der Waals surface area contributed by atoms with Gasteiger partial charge in [-0.1, -0.05) is 12.2 Å². The van der Waals surface area contributed by atoms with Gasteiger partial charge in [0.15, 0.2) is 9.84 Å². The van der Waals surface area contributed by atoms with Crippen LogP contribution in [0.3, 0.4) is 0 Å². The van der Waals surface area contributed by atoms with Gasteiger partial charge in [0.1, 0.15) is 11.6 Å². The number of hydrogen-bond acceptors (Lipinski definition) is 5. The van der Waals surface area contributed by atoms with Crippen LogP contribution in [0.1, 0.15) is 6.42 Å². The third-order valence-electron chi connectivity index (χ3n) is 3.03. The van der Waals surface area contributed by atoms with Gasteiger partial charge in [0.2, 0.25) is 0 Å². The number of carbonyl (C=O) groups is 1. The van der Waals surface area contributed by atoms with Gasteiger partial charge < -0.3 is 10.2 Å². The number of amides is 1. The second kappa shape index (κ2) is 7.64. The van der Waals surface area contributed by atoms with Crippen molar-refractivity contribution in [1.29, 1.82) is 5.26 Å². The van der Waals surface area contributed by atoms with Gasteiger partial charge in [-0.15, -0.1) is 13.2 Å². The first-order valence-corrected chi connectivity index (χ1v) is 8.33. The highest BCUT2D eigenvalue weighted by atomic mass is 32.2. The van der Waals surface area contributed by atoms with Crippen molar-refractivity contribution in [3.05, 3.63) is 37.1 Å². The number of nitrogens with one attached hydrogen (secondary N) is 1. The maximum Gasteiger partial charge on any atom is 0.266 e. The largest absolute Gasteiger partial charge is 0.386 e. The Morgan fingerprint density at radius 1 is 1.38 bits per heavy atom. The summed E-state index contributed by atoms with van der Waals surface area (Å²) in [5.74, 6) is -0.280. The SMILES string of the molecule is C=CCN(CC=C)C(=O)/C(C#N)=C\NC1CCS(=O)(=O)C1. The van der Waals surface area contributed by atoms with Crippen molar-refractivity contribution in [1.82, 2.24) is 10.2 Å². The number of nitriles is 1. The predicted molar refractivity (Wildman–Crippen MR) is 80.9 cm³/mol. The number of carbonyl (C=O) groups excluding carboxylic acids is 1. The zero-order valence-electron chi connectivity index (χ0n) is 11.8. The molecular weight excluding hydrogens is 290 g/mol. The molecule has 0 aromatic heterocycles. The van der Waals surface area contributed by atoms with Crippen molar-refractivity contribution in [2.24, 2.45) is 0 Å². The molecule has 0 aliphatic carbocycles. The van der Waals surface area contributed by atoms with Crippen LogP contribution >= 0.6 is 0 Å². The number of sulfone groups is 1. The van der Waals surface area contributed by atoms with Crippen LogP contribution in [-0.2, 0) is 14.6 Å². The van der Waals surface area contributed by atoms with Crippen molar-refractivity contribution in [3.8, 4) is 6.07 Å². The maximum absolute atomic E-state index is 12.2. The van der Waals surface area contributed by atoms with Crippen LogP contribution in [-0.4, -0.2) is 49.9 Å². The van der Waals surface area contributed by atoms with E-state index >= 15 is 0 Å². The van der Waals surface area contributed by atoms with E-state index in [9.17, 15) is 13.2 Å². The van der Waals surface area contributed by atoms with Gasteiger partial charge >= 0.3 is 0 Å². The number of rotatable bonds is 7. The van der Waals surface area contributed by atoms with Crippen LogP contribution in [0.5, 0.6) is 0 Å². The monoisotopic (exact) mass is 309 g/mol. The molecule has 1 heterocycles. The van der Waals surface area contributed by atoms with Crippen LogP contribution in [0.15, 0.2) is 37.1 Å². The van der Waals surface area contributed by atoms with E-state index in [1.807, 2.05) is 6.07 Å². The molecule has 6 nitrogen and oxygen atoms in total. The molecule has 1 N–H and O–H groups in total. The quantitative estimate of drug-likeness (QED) is 0.417. The van der Waals surface area contributed by atoms with Crippen LogP contribution in [0.25, 0.3) is 0 Å². The first-order valence-electron chi connectivity index (χ1n) is 6.51. The van der Waals surface area contributed by atoms with Gasteiger partial charge in [-0.3, -0.25) is 4.79 Å². The Bertz CT molecular complexity index is 577. The molecule has 1 rings (SSSR count). The van der Waals surface area contributed by atoms with E-state index in [4.69, 9.17) is 5.26 Å². The van der Waals surface area contributed by atoms with E-state index in [-0.39, 0.29) is 23.1 Å². The summed E-state index contributed by atoms with van der Waals surface area (Å²) in [7, 11) is -3.00. The first-order chi connectivity index (χ1) is 9.93. The predicted octanol–water partition coefficient (Wildman–Crippen LogP) is 0.371. The van der Waals surface area contributed by atoms with Gasteiger partial charge in [-0.05, 0) is 6.42 Å². The summed E-state index contributed by atoms with van der Waals surface area (Å²) < 4.78 is 22.7. The first kappa shape index (κ1) is 17.0. The Balaban J connectivity index is 2.74. The van der Waals surface area contributed by atoms with Crippen molar-refractivity contribution in [3.63, 3.8) is 0 Å². The lowest BCUT2D eigenvalue weighted by Crippen LogP contribution is -2.33. The molecule has 7 heteroatoms. The number of nitrogens with zero attached hydrogens (tertiary/aromatic N) is 2. The molecule has 1 fully saturated rings. The van der Waals surface area contributed by atoms with E-state index in [2.05, 4.69) is 18.5 Å². The van der Waals surface area contributed by atoms with Crippen molar-refractivity contribution >= 4 is 15.7 Å². The van der Waals surface area contributed by atoms with E-state index in [1.165, 1.54) is 11.1 Å². The molecule has 0 aromatic carbocycles. The normalized spacial score (nSPS) is 20.3. The van der Waals surface area contributed by atoms with Gasteiger partial charge in [-0.25, -0.2) is 8.42 Å². The second-order valence-corrected chi connectivity index (χ2v) is 6.95. The summed E-state index contributed by atoms with van der Waals surface area (Å²) in [5.41, 5.74) is -0.0667. The fraction of sp³-hybridized carbons (Fsp3) is 0.429. The molecule has 1 saturated heterocycles. The zero-order chi connectivity index (χ0) is 15.9. The Labute approximate surface area is 125 Å². The summed E-state index contributed by atoms with van der Waals surface area (Å²) in [6, 6.07) is 1.58. The molecule has 114 valence electrons. The van der Waals surface area contributed by atoms with Crippen LogP contribution in [0, 0.1) is 11.3 Å². The van der Waals surface area contributed by atoms with E-state index in [1.54, 1.807) is 12.2 Å². The highest BCUT2D eigenvalue weighted by Crippen LogP contribution is 2.11. The van der Waals surface area contributed by atoms with Crippen molar-refractivity contribution in [2.75, 3.05) is 24.6 Å². The molecule has 1 atom stereocenters. The highest BCUT2D eigenvalue weighted by Gasteiger charge is 2.27. The van der Waals surface area contributed by atoms with Gasteiger partial charge in [0, 0.05) is 25.3 Å². The lowest BCUT2D eigenvalue weighted by molar-refractivity contribution is -0.125. The van der Waals surface area contributed by atoms with Crippen LogP contribution in [0.4, 0.5) is 0 Å². The Morgan fingerprint density at radius 2 is 2.00 bits per heavy atom. The molecule has 0 aromatic rings. The van der Waals surface area contributed by atoms with Crippen LogP contribution < -0.4 is 5.32 Å². The molecule has 1 amide bonds. The lowest BCUT2D eigenvalue weighted by atomic mass is 10.2. The summed E-state index contributed by atoms with van der Waals surface area (Å²) >= 11 is 0. The minimum Gasteiger partial charge on any atom is -0.386 e. The molecule has 0 spiro atoms. The minimum atomic E-state index is -3.00. The topological polar surface area (TPSA) is 90.3 Å². The van der Waals surface area contributed by atoms with E-state index in [0.29, 0.717) is 19.5 Å². The summed E-state index contributed by atoms with van der Waals surface area (Å²) in [6.07, 6.45) is 4.91. The minimum absolute atomic E-state index is 0.0272. The number of hydrogen-bond donors (Lipinski definition) is 1. The van der Waals surface area contributed by atoms with E-state index < -0.39 is 15.7 Å². The second-order valence-electron chi connectivity index (χ2n) is 4.72. The van der Waals surface area contributed by atoms with Gasteiger partial charge in [-0.2, -0.15) is 5.26 Å². The molecule has 21 heavy (non-hydrogen) atoms. The van der Waals surface area contributed by atoms with Crippen molar-refractivity contribution < 1.29 is 13.2 Å². The lowest BCUT2D eigenvalue weighted by Gasteiger charge is -2.19. The Hall–Kier alpha value is -2.07. The zero-order valence-corrected chi connectivity index (χ0v) is 12.6. The van der Waals surface area contributed by atoms with Gasteiger partial charge in [0.25, 0.3) is 5.91 Å². The van der Waals surface area contributed by atoms with Gasteiger partial charge in [0.05, 0.1) is 11.5 Å². The average molecular weight is 309 g/mol. The fourth-order valence-corrected chi connectivity index (χ4v) is 3.68. The molecular formula is C14H19N3O3S. The Kier molecular flexibility index (Phi) is 6.18. The standard InChI is InChI=1S/C14H19N3O3S/c1-3-6-17(7-4-2)14(18)12(9-15)10-16-13-5-8-21(19,20)11-13/h3-4,10,13,16H,1-2,5-8,11H2/b12-10-. The molecule has 0 bridgehead atoms. The molecule has 1 aliphatic rings. The van der Waals surface area contributed by atoms with Crippen LogP contribution in [0.2, 0.25) is 0 Å². The molecule has 0 radical (unpaired) electrons. The molecule has 1 unspecified atom stereocenters. The highest BCUT2D eigenvalue weighted by molar-refractivity contribution is 7.91. The average Bonchev–Trinajstić information content (AvgIpc) is 2.78. The Morgan fingerprint density at radius 3 is 2.43 bits per heavy atom. The third kappa shape index (κ3) is 5.08. The van der Waals surface area contributed by atoms with Crippen molar-refractivity contribution in [2.45, 2.75) is 12.5 Å². The summed E-state index contributed by atoms with van der Waals surface area (Å²) in [6.45, 7) is 7.74.